The normalized spacial score (nSPS) is 13.4. The van der Waals surface area contributed by atoms with Gasteiger partial charge in [-0.25, -0.2) is 0 Å². The van der Waals surface area contributed by atoms with Gasteiger partial charge in [-0.15, -0.1) is 0 Å². The number of benzene rings is 10. The molecule has 0 saturated heterocycles. The van der Waals surface area contributed by atoms with Crippen molar-refractivity contribution in [2.75, 3.05) is 0 Å². The van der Waals surface area contributed by atoms with Crippen molar-refractivity contribution in [2.45, 2.75) is 5.41 Å². The Hall–Kier alpha value is -6.76. The topological polar surface area (TPSA) is 0 Å². The van der Waals surface area contributed by atoms with Gasteiger partial charge in [0.05, 0.1) is 5.41 Å². The summed E-state index contributed by atoms with van der Waals surface area (Å²) in [4.78, 5) is 0. The highest BCUT2D eigenvalue weighted by atomic mass is 14.5. The molecule has 0 amide bonds. The zero-order chi connectivity index (χ0) is 34.7. The molecule has 0 N–H and O–H groups in total. The van der Waals surface area contributed by atoms with Crippen LogP contribution in [0.25, 0.3) is 87.6 Å². The molecule has 0 unspecified atom stereocenters. The Labute approximate surface area is 308 Å². The number of hydrogen-bond donors (Lipinski definition) is 0. The molecule has 0 saturated carbocycles. The Morgan fingerprint density at radius 3 is 1.43 bits per heavy atom. The monoisotopic (exact) mass is 668 g/mol. The average Bonchev–Trinajstić information content (AvgIpc) is 3.69. The highest BCUT2D eigenvalue weighted by Crippen LogP contribution is 2.64. The predicted octanol–water partition coefficient (Wildman–Crippen LogP) is 14.0. The highest BCUT2D eigenvalue weighted by molar-refractivity contribution is 6.15. The molecule has 53 heavy (non-hydrogen) atoms. The number of fused-ring (bicyclic) bond motifs is 16. The van der Waals surface area contributed by atoms with E-state index in [1.165, 1.54) is 110 Å². The van der Waals surface area contributed by atoms with Crippen molar-refractivity contribution in [1.29, 1.82) is 0 Å². The summed E-state index contributed by atoms with van der Waals surface area (Å²) >= 11 is 0. The van der Waals surface area contributed by atoms with Crippen LogP contribution >= 0.6 is 0 Å². The summed E-state index contributed by atoms with van der Waals surface area (Å²) < 4.78 is 0. The first-order valence-corrected chi connectivity index (χ1v) is 18.6. The SMILES string of the molecule is c1cc(-c2cc3c(c4ccccc24)-c2cc4ccccc4cc2C32c3ccccc3-c3ccccc32)cc(-c2cc3ccccc3c3ccccc23)c1. The van der Waals surface area contributed by atoms with Gasteiger partial charge in [0.2, 0.25) is 0 Å². The van der Waals surface area contributed by atoms with Crippen LogP contribution in [-0.2, 0) is 5.41 Å². The van der Waals surface area contributed by atoms with Crippen molar-refractivity contribution in [2.24, 2.45) is 0 Å². The largest absolute Gasteiger partial charge is 0.0726 e. The van der Waals surface area contributed by atoms with Gasteiger partial charge in [0.1, 0.15) is 0 Å². The molecule has 0 heteroatoms. The lowest BCUT2D eigenvalue weighted by atomic mass is 9.69. The summed E-state index contributed by atoms with van der Waals surface area (Å²) in [6.07, 6.45) is 0. The summed E-state index contributed by atoms with van der Waals surface area (Å²) in [7, 11) is 0. The van der Waals surface area contributed by atoms with Gasteiger partial charge in [0.15, 0.2) is 0 Å². The Bertz CT molecular complexity index is 3130. The summed E-state index contributed by atoms with van der Waals surface area (Å²) in [5.74, 6) is 0. The van der Waals surface area contributed by atoms with Crippen LogP contribution in [0.15, 0.2) is 194 Å². The smallest absolute Gasteiger partial charge is 0.0619 e. The van der Waals surface area contributed by atoms with Crippen LogP contribution < -0.4 is 0 Å². The van der Waals surface area contributed by atoms with Crippen molar-refractivity contribution in [3.63, 3.8) is 0 Å². The fourth-order valence-electron chi connectivity index (χ4n) is 10.1. The van der Waals surface area contributed by atoms with E-state index in [1.54, 1.807) is 0 Å². The van der Waals surface area contributed by atoms with Gasteiger partial charge in [0.25, 0.3) is 0 Å². The van der Waals surface area contributed by atoms with Gasteiger partial charge in [-0.05, 0) is 140 Å². The van der Waals surface area contributed by atoms with Crippen molar-refractivity contribution in [3.05, 3.63) is 216 Å². The van der Waals surface area contributed by atoms with E-state index < -0.39 is 5.41 Å². The molecule has 0 atom stereocenters. The molecule has 12 rings (SSSR count). The molecular formula is C53H32. The van der Waals surface area contributed by atoms with Crippen molar-refractivity contribution in [3.8, 4) is 44.5 Å². The van der Waals surface area contributed by atoms with E-state index in [0.29, 0.717) is 0 Å². The summed E-state index contributed by atoms with van der Waals surface area (Å²) in [6, 6.07) is 72.9. The molecule has 10 aromatic rings. The first kappa shape index (κ1) is 28.9. The van der Waals surface area contributed by atoms with Gasteiger partial charge < -0.3 is 0 Å². The summed E-state index contributed by atoms with van der Waals surface area (Å²) in [5.41, 5.74) is 15.4. The molecule has 2 aliphatic carbocycles. The van der Waals surface area contributed by atoms with Crippen LogP contribution in [0.3, 0.4) is 0 Å². The minimum Gasteiger partial charge on any atom is -0.0619 e. The van der Waals surface area contributed by atoms with Crippen molar-refractivity contribution in [1.82, 2.24) is 0 Å². The Kier molecular flexibility index (Phi) is 5.80. The predicted molar refractivity (Wildman–Crippen MR) is 224 cm³/mol. The molecule has 244 valence electrons. The highest BCUT2D eigenvalue weighted by Gasteiger charge is 2.52. The molecule has 0 aromatic heterocycles. The van der Waals surface area contributed by atoms with Gasteiger partial charge in [-0.3, -0.25) is 0 Å². The van der Waals surface area contributed by atoms with Crippen LogP contribution in [0.1, 0.15) is 22.3 Å². The third-order valence-corrected chi connectivity index (χ3v) is 12.2. The van der Waals surface area contributed by atoms with Crippen molar-refractivity contribution < 1.29 is 0 Å². The summed E-state index contributed by atoms with van der Waals surface area (Å²) in [6.45, 7) is 0. The number of rotatable bonds is 2. The van der Waals surface area contributed by atoms with E-state index >= 15 is 0 Å². The van der Waals surface area contributed by atoms with E-state index in [0.717, 1.165) is 0 Å². The molecule has 0 fully saturated rings. The van der Waals surface area contributed by atoms with Crippen LogP contribution in [-0.4, -0.2) is 0 Å². The van der Waals surface area contributed by atoms with E-state index in [9.17, 15) is 0 Å². The molecule has 0 bridgehead atoms. The fourth-order valence-corrected chi connectivity index (χ4v) is 10.1. The Morgan fingerprint density at radius 1 is 0.245 bits per heavy atom. The molecule has 10 aromatic carbocycles. The lowest BCUT2D eigenvalue weighted by Gasteiger charge is -2.31. The van der Waals surface area contributed by atoms with E-state index in [-0.39, 0.29) is 0 Å². The van der Waals surface area contributed by atoms with Gasteiger partial charge >= 0.3 is 0 Å². The zero-order valence-corrected chi connectivity index (χ0v) is 29.0. The molecule has 0 aliphatic heterocycles. The maximum absolute atomic E-state index is 2.55. The Balaban J connectivity index is 1.19. The lowest BCUT2D eigenvalue weighted by molar-refractivity contribution is 0.796. The standard InChI is InChI=1S/C53H32/c1-2-15-34-31-50-47(29-33(34)14-1)52-44-25-8-7-22-41(44)46(32-51(52)53(50)48-26-11-9-23-42(48)43-24-10-12-27-49(43)53)36-18-13-17-35(28-36)45-30-37-16-3-4-19-38(37)39-20-5-6-21-40(39)45/h1-32H. The second-order valence-electron chi connectivity index (χ2n) is 14.8. The summed E-state index contributed by atoms with van der Waals surface area (Å²) in [5, 5.41) is 10.3. The van der Waals surface area contributed by atoms with Crippen LogP contribution in [0, 0.1) is 0 Å². The third kappa shape index (κ3) is 3.80. The average molecular weight is 669 g/mol. The lowest BCUT2D eigenvalue weighted by Crippen LogP contribution is -2.26. The van der Waals surface area contributed by atoms with E-state index in [1.807, 2.05) is 0 Å². The zero-order valence-electron chi connectivity index (χ0n) is 29.0. The van der Waals surface area contributed by atoms with Gasteiger partial charge in [-0.2, -0.15) is 0 Å². The molecule has 1 spiro atoms. The van der Waals surface area contributed by atoms with Gasteiger partial charge in [-0.1, -0.05) is 164 Å². The molecular weight excluding hydrogens is 637 g/mol. The second kappa shape index (κ2) is 10.6. The Morgan fingerprint density at radius 2 is 0.736 bits per heavy atom. The van der Waals surface area contributed by atoms with Crippen molar-refractivity contribution >= 4 is 43.1 Å². The molecule has 0 heterocycles. The van der Waals surface area contributed by atoms with Gasteiger partial charge in [0, 0.05) is 0 Å². The quantitative estimate of drug-likeness (QED) is 0.161. The third-order valence-electron chi connectivity index (χ3n) is 12.2. The van der Waals surface area contributed by atoms with E-state index in [2.05, 4.69) is 194 Å². The maximum Gasteiger partial charge on any atom is 0.0726 e. The fraction of sp³-hybridized carbons (Fsp3) is 0.0189. The molecule has 2 aliphatic rings. The van der Waals surface area contributed by atoms with E-state index in [4.69, 9.17) is 0 Å². The minimum absolute atomic E-state index is 0.438. The second-order valence-corrected chi connectivity index (χ2v) is 14.8. The minimum atomic E-state index is -0.438. The van der Waals surface area contributed by atoms with Crippen LogP contribution in [0.2, 0.25) is 0 Å². The van der Waals surface area contributed by atoms with Crippen LogP contribution in [0.5, 0.6) is 0 Å². The first-order valence-electron chi connectivity index (χ1n) is 18.6. The van der Waals surface area contributed by atoms with Crippen LogP contribution in [0.4, 0.5) is 0 Å². The maximum atomic E-state index is 2.55. The molecule has 0 nitrogen and oxygen atoms in total. The number of hydrogen-bond acceptors (Lipinski definition) is 0. The first-order chi connectivity index (χ1) is 26.3. The molecule has 0 radical (unpaired) electrons.